The maximum Gasteiger partial charge on any atom is 0.255 e. The third kappa shape index (κ3) is 4.34. The lowest BCUT2D eigenvalue weighted by atomic mass is 9.96. The summed E-state index contributed by atoms with van der Waals surface area (Å²) in [4.78, 5) is 20.2. The Balaban J connectivity index is 1.32. The fraction of sp³-hybridized carbons (Fsp3) is 0.500. The fourth-order valence-corrected chi connectivity index (χ4v) is 5.02. The maximum absolute atomic E-state index is 13.6. The van der Waals surface area contributed by atoms with Gasteiger partial charge < -0.3 is 23.5 Å². The van der Waals surface area contributed by atoms with Gasteiger partial charge in [0, 0.05) is 50.7 Å². The number of nitrogens with zero attached hydrogens (tertiary/aromatic N) is 4. The second kappa shape index (κ2) is 9.62. The summed E-state index contributed by atoms with van der Waals surface area (Å²) in [6, 6.07) is 9.91. The van der Waals surface area contributed by atoms with Crippen molar-refractivity contribution in [2.24, 2.45) is 7.05 Å². The molecule has 3 aromatic rings. The molecule has 0 radical (unpaired) electrons. The van der Waals surface area contributed by atoms with Gasteiger partial charge in [-0.15, -0.1) is 0 Å². The third-order valence-corrected chi connectivity index (χ3v) is 7.25. The van der Waals surface area contributed by atoms with Crippen LogP contribution in [0.25, 0.3) is 11.3 Å². The average Bonchev–Trinajstić information content (AvgIpc) is 3.50. The molecule has 2 saturated heterocycles. The van der Waals surface area contributed by atoms with Gasteiger partial charge in [-0.1, -0.05) is 5.16 Å². The van der Waals surface area contributed by atoms with Crippen LogP contribution in [0.4, 0.5) is 0 Å². The summed E-state index contributed by atoms with van der Waals surface area (Å²) in [5, 5.41) is 4.26. The molecule has 2 fully saturated rings. The Labute approximate surface area is 199 Å². The van der Waals surface area contributed by atoms with Gasteiger partial charge in [-0.3, -0.25) is 4.79 Å². The van der Waals surface area contributed by atoms with Gasteiger partial charge in [-0.2, -0.15) is 4.98 Å². The summed E-state index contributed by atoms with van der Waals surface area (Å²) in [6.45, 7) is 4.83. The van der Waals surface area contributed by atoms with E-state index in [0.717, 1.165) is 79.5 Å². The number of hydrogen-bond donors (Lipinski definition) is 0. The van der Waals surface area contributed by atoms with E-state index < -0.39 is 0 Å². The van der Waals surface area contributed by atoms with Crippen LogP contribution >= 0.6 is 0 Å². The number of piperidine rings is 1. The minimum absolute atomic E-state index is 0.0572. The molecule has 2 aromatic heterocycles. The van der Waals surface area contributed by atoms with Crippen LogP contribution in [0.1, 0.15) is 65.3 Å². The molecule has 1 amide bonds. The zero-order valence-corrected chi connectivity index (χ0v) is 20.1. The summed E-state index contributed by atoms with van der Waals surface area (Å²) >= 11 is 0. The zero-order valence-electron chi connectivity index (χ0n) is 20.1. The fourth-order valence-electron chi connectivity index (χ4n) is 5.02. The number of amides is 1. The van der Waals surface area contributed by atoms with E-state index in [1.807, 2.05) is 49.2 Å². The van der Waals surface area contributed by atoms with E-state index in [-0.39, 0.29) is 11.8 Å². The molecular formula is C26H32N4O4. The number of aromatic nitrogens is 3. The molecule has 1 unspecified atom stereocenters. The molecule has 1 aromatic carbocycles. The summed E-state index contributed by atoms with van der Waals surface area (Å²) in [5.41, 5.74) is 3.75. The van der Waals surface area contributed by atoms with Crippen molar-refractivity contribution in [3.8, 4) is 17.0 Å². The highest BCUT2D eigenvalue weighted by atomic mass is 16.5. The minimum Gasteiger partial charge on any atom is -0.497 e. The normalized spacial score (nSPS) is 19.4. The summed E-state index contributed by atoms with van der Waals surface area (Å²) in [7, 11) is 3.66. The van der Waals surface area contributed by atoms with E-state index in [1.165, 1.54) is 0 Å². The number of ether oxygens (including phenoxy) is 2. The largest absolute Gasteiger partial charge is 0.497 e. The first kappa shape index (κ1) is 22.7. The van der Waals surface area contributed by atoms with Gasteiger partial charge in [0.2, 0.25) is 5.89 Å². The summed E-state index contributed by atoms with van der Waals surface area (Å²) in [6.07, 6.45) is 3.72. The number of benzene rings is 1. The van der Waals surface area contributed by atoms with Crippen LogP contribution in [0.3, 0.4) is 0 Å². The van der Waals surface area contributed by atoms with Crippen molar-refractivity contribution in [3.05, 3.63) is 53.3 Å². The van der Waals surface area contributed by atoms with Crippen LogP contribution in [0.2, 0.25) is 0 Å². The highest BCUT2D eigenvalue weighted by Gasteiger charge is 2.31. The number of likely N-dealkylation sites (tertiary alicyclic amines) is 1. The first-order valence-electron chi connectivity index (χ1n) is 12.1. The lowest BCUT2D eigenvalue weighted by Gasteiger charge is -2.31. The number of rotatable bonds is 5. The Kier molecular flexibility index (Phi) is 6.41. The molecule has 0 spiro atoms. The average molecular weight is 465 g/mol. The minimum atomic E-state index is 0.0572. The molecule has 8 nitrogen and oxygen atoms in total. The molecular weight excluding hydrogens is 432 g/mol. The lowest BCUT2D eigenvalue weighted by molar-refractivity contribution is 0.0695. The number of carbonyl (C=O) groups excluding carboxylic acids is 1. The van der Waals surface area contributed by atoms with Crippen molar-refractivity contribution in [2.75, 3.05) is 33.4 Å². The molecule has 4 heterocycles. The molecule has 0 saturated carbocycles. The molecule has 0 N–H and O–H groups in total. The van der Waals surface area contributed by atoms with Crippen LogP contribution < -0.4 is 4.74 Å². The number of methoxy groups -OCH3 is 1. The maximum atomic E-state index is 13.6. The molecule has 0 bridgehead atoms. The molecule has 34 heavy (non-hydrogen) atoms. The van der Waals surface area contributed by atoms with E-state index >= 15 is 0 Å². The Morgan fingerprint density at radius 2 is 1.88 bits per heavy atom. The smallest absolute Gasteiger partial charge is 0.255 e. The van der Waals surface area contributed by atoms with Gasteiger partial charge in [-0.05, 0) is 68.5 Å². The monoisotopic (exact) mass is 464 g/mol. The number of carbonyl (C=O) groups is 1. The van der Waals surface area contributed by atoms with E-state index in [0.29, 0.717) is 18.4 Å². The third-order valence-electron chi connectivity index (χ3n) is 7.25. The SMILES string of the molecule is COc1ccc(-c2cc(C(=O)N3CCCC(c4nc(C5CCOCC5)no4)C3)c(C)n2C)cc1. The molecule has 8 heteroatoms. The molecule has 1 atom stereocenters. The zero-order chi connectivity index (χ0) is 23.7. The van der Waals surface area contributed by atoms with Gasteiger partial charge in [-0.25, -0.2) is 0 Å². The van der Waals surface area contributed by atoms with Gasteiger partial charge in [0.05, 0.1) is 18.6 Å². The topological polar surface area (TPSA) is 82.6 Å². The van der Waals surface area contributed by atoms with E-state index in [9.17, 15) is 4.79 Å². The van der Waals surface area contributed by atoms with Crippen molar-refractivity contribution in [3.63, 3.8) is 0 Å². The van der Waals surface area contributed by atoms with Crippen molar-refractivity contribution >= 4 is 5.91 Å². The first-order valence-corrected chi connectivity index (χ1v) is 12.1. The Morgan fingerprint density at radius 1 is 1.12 bits per heavy atom. The lowest BCUT2D eigenvalue weighted by Crippen LogP contribution is -2.39. The van der Waals surface area contributed by atoms with Gasteiger partial charge in [0.15, 0.2) is 5.82 Å². The van der Waals surface area contributed by atoms with Crippen LogP contribution in [0, 0.1) is 6.92 Å². The van der Waals surface area contributed by atoms with E-state index in [4.69, 9.17) is 19.0 Å². The molecule has 2 aliphatic rings. The standard InChI is InChI=1S/C26H32N4O4/c1-17-22(15-23(29(17)2)18-6-8-21(32-3)9-7-18)26(31)30-12-4-5-20(16-30)25-27-24(28-34-25)19-10-13-33-14-11-19/h6-9,15,19-20H,4-5,10-14,16H2,1-3H3. The molecule has 180 valence electrons. The van der Waals surface area contributed by atoms with Gasteiger partial charge in [0.25, 0.3) is 5.91 Å². The van der Waals surface area contributed by atoms with Crippen molar-refractivity contribution in [1.29, 1.82) is 0 Å². The second-order valence-corrected chi connectivity index (χ2v) is 9.28. The second-order valence-electron chi connectivity index (χ2n) is 9.28. The highest BCUT2D eigenvalue weighted by Crippen LogP contribution is 2.32. The summed E-state index contributed by atoms with van der Waals surface area (Å²) in [5.74, 6) is 2.68. The first-order chi connectivity index (χ1) is 16.5. The van der Waals surface area contributed by atoms with Crippen LogP contribution in [-0.2, 0) is 11.8 Å². The van der Waals surface area contributed by atoms with Crippen molar-refractivity contribution in [1.82, 2.24) is 19.6 Å². The predicted octanol–water partition coefficient (Wildman–Crippen LogP) is 4.31. The Morgan fingerprint density at radius 3 is 2.62 bits per heavy atom. The highest BCUT2D eigenvalue weighted by molar-refractivity contribution is 5.97. The Bertz CT molecular complexity index is 1140. The number of hydrogen-bond acceptors (Lipinski definition) is 6. The quantitative estimate of drug-likeness (QED) is 0.560. The van der Waals surface area contributed by atoms with E-state index in [1.54, 1.807) is 7.11 Å². The molecule has 5 rings (SSSR count). The van der Waals surface area contributed by atoms with Gasteiger partial charge in [0.1, 0.15) is 5.75 Å². The summed E-state index contributed by atoms with van der Waals surface area (Å²) < 4.78 is 18.5. The van der Waals surface area contributed by atoms with Crippen LogP contribution in [0.15, 0.2) is 34.9 Å². The van der Waals surface area contributed by atoms with Crippen molar-refractivity contribution < 1.29 is 18.8 Å². The van der Waals surface area contributed by atoms with Crippen LogP contribution in [0.5, 0.6) is 5.75 Å². The molecule has 2 aliphatic heterocycles. The van der Waals surface area contributed by atoms with Crippen molar-refractivity contribution in [2.45, 2.75) is 44.4 Å². The van der Waals surface area contributed by atoms with E-state index in [2.05, 4.69) is 9.72 Å². The van der Waals surface area contributed by atoms with Crippen LogP contribution in [-0.4, -0.2) is 58.9 Å². The predicted molar refractivity (Wildman–Crippen MR) is 127 cm³/mol. The molecule has 0 aliphatic carbocycles. The Hall–Kier alpha value is -3.13. The van der Waals surface area contributed by atoms with Gasteiger partial charge >= 0.3 is 0 Å².